The quantitative estimate of drug-likeness (QED) is 0.661. The molecule has 0 radical (unpaired) electrons. The normalized spacial score (nSPS) is 14.8. The van der Waals surface area contributed by atoms with E-state index in [1.807, 2.05) is 12.3 Å². The van der Waals surface area contributed by atoms with Crippen molar-refractivity contribution < 1.29 is 4.79 Å². The summed E-state index contributed by atoms with van der Waals surface area (Å²) in [7, 11) is 0. The predicted octanol–water partition coefficient (Wildman–Crippen LogP) is 2.15. The zero-order chi connectivity index (χ0) is 9.97. The van der Waals surface area contributed by atoms with Crippen molar-refractivity contribution in [2.24, 2.45) is 0 Å². The fraction of sp³-hybridized carbons (Fsp3) is 0.250. The molecule has 0 aromatic heterocycles. The van der Waals surface area contributed by atoms with Gasteiger partial charge in [0, 0.05) is 18.4 Å². The van der Waals surface area contributed by atoms with Crippen molar-refractivity contribution >= 4 is 11.5 Å². The maximum Gasteiger partial charge on any atom is 0.154 e. The van der Waals surface area contributed by atoms with Gasteiger partial charge in [0.2, 0.25) is 0 Å². The second-order valence-electron chi connectivity index (χ2n) is 3.50. The largest absolute Gasteiger partial charge is 0.347 e. The number of ketones is 1. The zero-order valence-corrected chi connectivity index (χ0v) is 8.23. The Hall–Kier alpha value is -1.57. The van der Waals surface area contributed by atoms with Crippen LogP contribution in [0.4, 0.5) is 5.69 Å². The van der Waals surface area contributed by atoms with E-state index in [0.29, 0.717) is 0 Å². The maximum absolute atomic E-state index is 10.8. The highest BCUT2D eigenvalue weighted by molar-refractivity contribution is 5.87. The lowest BCUT2D eigenvalue weighted by atomic mass is 10.2. The zero-order valence-electron chi connectivity index (χ0n) is 8.23. The molecule has 14 heavy (non-hydrogen) atoms. The number of para-hydroxylation sites is 1. The van der Waals surface area contributed by atoms with Gasteiger partial charge >= 0.3 is 0 Å². The maximum atomic E-state index is 10.8. The van der Waals surface area contributed by atoms with Gasteiger partial charge in [-0.15, -0.1) is 0 Å². The summed E-state index contributed by atoms with van der Waals surface area (Å²) in [4.78, 5) is 12.9. The molecular formula is C12H13NO. The first-order chi connectivity index (χ1) is 6.77. The van der Waals surface area contributed by atoms with Crippen LogP contribution in [0.1, 0.15) is 12.5 Å². The Morgan fingerprint density at radius 3 is 3.00 bits per heavy atom. The van der Waals surface area contributed by atoms with E-state index in [0.717, 1.165) is 13.0 Å². The second kappa shape index (κ2) is 3.66. The molecule has 0 N–H and O–H groups in total. The average Bonchev–Trinajstić information content (AvgIpc) is 2.58. The molecule has 0 atom stereocenters. The first-order valence-corrected chi connectivity index (χ1v) is 4.81. The number of fused-ring (bicyclic) bond motifs is 1. The number of hydrogen-bond acceptors (Lipinski definition) is 2. The molecule has 1 aliphatic heterocycles. The number of allylic oxidation sites excluding steroid dienone is 1. The van der Waals surface area contributed by atoms with Crippen molar-refractivity contribution in [3.63, 3.8) is 0 Å². The summed E-state index contributed by atoms with van der Waals surface area (Å²) in [6, 6.07) is 8.31. The SMILES string of the molecule is CC(=O)/C=C/N1CCc2ccccc21. The van der Waals surface area contributed by atoms with Gasteiger partial charge in [-0.1, -0.05) is 18.2 Å². The Balaban J connectivity index is 2.22. The smallest absolute Gasteiger partial charge is 0.154 e. The van der Waals surface area contributed by atoms with Crippen LogP contribution in [-0.4, -0.2) is 12.3 Å². The van der Waals surface area contributed by atoms with Gasteiger partial charge in [0.25, 0.3) is 0 Å². The van der Waals surface area contributed by atoms with Gasteiger partial charge in [-0.3, -0.25) is 4.79 Å². The van der Waals surface area contributed by atoms with E-state index in [9.17, 15) is 4.79 Å². The van der Waals surface area contributed by atoms with Gasteiger partial charge in [-0.25, -0.2) is 0 Å². The van der Waals surface area contributed by atoms with E-state index in [1.54, 1.807) is 13.0 Å². The van der Waals surface area contributed by atoms with E-state index in [1.165, 1.54) is 11.3 Å². The fourth-order valence-corrected chi connectivity index (χ4v) is 1.71. The molecule has 0 amide bonds. The van der Waals surface area contributed by atoms with Gasteiger partial charge in [-0.2, -0.15) is 0 Å². The van der Waals surface area contributed by atoms with Crippen LogP contribution in [0.25, 0.3) is 0 Å². The lowest BCUT2D eigenvalue weighted by Crippen LogP contribution is -2.12. The Kier molecular flexibility index (Phi) is 2.35. The Morgan fingerprint density at radius 1 is 1.43 bits per heavy atom. The molecule has 2 rings (SSSR count). The van der Waals surface area contributed by atoms with E-state index >= 15 is 0 Å². The molecular weight excluding hydrogens is 174 g/mol. The molecule has 2 heteroatoms. The highest BCUT2D eigenvalue weighted by atomic mass is 16.1. The predicted molar refractivity (Wildman–Crippen MR) is 57.3 cm³/mol. The minimum absolute atomic E-state index is 0.0920. The Bertz CT molecular complexity index is 382. The van der Waals surface area contributed by atoms with Gasteiger partial charge in [0.15, 0.2) is 5.78 Å². The molecule has 0 saturated heterocycles. The van der Waals surface area contributed by atoms with Gasteiger partial charge < -0.3 is 4.90 Å². The average molecular weight is 187 g/mol. The molecule has 0 fully saturated rings. The number of carbonyl (C=O) groups is 1. The topological polar surface area (TPSA) is 20.3 Å². The standard InChI is InChI=1S/C12H13NO/c1-10(14)6-8-13-9-7-11-4-2-3-5-12(11)13/h2-6,8H,7,9H2,1H3/b8-6+. The van der Waals surface area contributed by atoms with E-state index in [4.69, 9.17) is 0 Å². The molecule has 0 bridgehead atoms. The van der Waals surface area contributed by atoms with Crippen LogP contribution < -0.4 is 4.90 Å². The van der Waals surface area contributed by atoms with Gasteiger partial charge in [-0.05, 0) is 31.1 Å². The number of carbonyl (C=O) groups excluding carboxylic acids is 1. The van der Waals surface area contributed by atoms with Crippen LogP contribution in [0.5, 0.6) is 0 Å². The van der Waals surface area contributed by atoms with Crippen molar-refractivity contribution in [2.45, 2.75) is 13.3 Å². The molecule has 1 aromatic carbocycles. The van der Waals surface area contributed by atoms with Crippen LogP contribution >= 0.6 is 0 Å². The molecule has 0 unspecified atom stereocenters. The number of benzene rings is 1. The third kappa shape index (κ3) is 1.69. The molecule has 0 spiro atoms. The minimum atomic E-state index is 0.0920. The number of anilines is 1. The van der Waals surface area contributed by atoms with Crippen molar-refractivity contribution in [2.75, 3.05) is 11.4 Å². The molecule has 2 nitrogen and oxygen atoms in total. The summed E-state index contributed by atoms with van der Waals surface area (Å²) < 4.78 is 0. The Labute approximate surface area is 83.8 Å². The summed E-state index contributed by atoms with van der Waals surface area (Å²) in [5, 5.41) is 0. The number of nitrogens with zero attached hydrogens (tertiary/aromatic N) is 1. The molecule has 1 heterocycles. The highest BCUT2D eigenvalue weighted by Gasteiger charge is 2.15. The molecule has 1 aliphatic rings. The lowest BCUT2D eigenvalue weighted by molar-refractivity contribution is -0.112. The van der Waals surface area contributed by atoms with Crippen molar-refractivity contribution in [3.8, 4) is 0 Å². The minimum Gasteiger partial charge on any atom is -0.347 e. The van der Waals surface area contributed by atoms with Crippen LogP contribution in [-0.2, 0) is 11.2 Å². The van der Waals surface area contributed by atoms with Crippen LogP contribution in [0.15, 0.2) is 36.5 Å². The molecule has 72 valence electrons. The summed E-state index contributed by atoms with van der Waals surface area (Å²) in [6.45, 7) is 2.54. The molecule has 0 saturated carbocycles. The van der Waals surface area contributed by atoms with Crippen molar-refractivity contribution in [3.05, 3.63) is 42.1 Å². The second-order valence-corrected chi connectivity index (χ2v) is 3.50. The van der Waals surface area contributed by atoms with Crippen LogP contribution in [0.3, 0.4) is 0 Å². The first kappa shape index (κ1) is 9.00. The van der Waals surface area contributed by atoms with Crippen molar-refractivity contribution in [1.82, 2.24) is 0 Å². The van der Waals surface area contributed by atoms with Crippen LogP contribution in [0, 0.1) is 0 Å². The van der Waals surface area contributed by atoms with E-state index < -0.39 is 0 Å². The summed E-state index contributed by atoms with van der Waals surface area (Å²) in [6.07, 6.45) is 4.55. The molecule has 1 aromatic rings. The van der Waals surface area contributed by atoms with Gasteiger partial charge in [0.1, 0.15) is 0 Å². The summed E-state index contributed by atoms with van der Waals surface area (Å²) in [5.74, 6) is 0.0920. The first-order valence-electron chi connectivity index (χ1n) is 4.81. The summed E-state index contributed by atoms with van der Waals surface area (Å²) in [5.41, 5.74) is 2.59. The van der Waals surface area contributed by atoms with Crippen LogP contribution in [0.2, 0.25) is 0 Å². The monoisotopic (exact) mass is 187 g/mol. The van der Waals surface area contributed by atoms with E-state index in [-0.39, 0.29) is 5.78 Å². The number of rotatable bonds is 2. The van der Waals surface area contributed by atoms with E-state index in [2.05, 4.69) is 23.1 Å². The van der Waals surface area contributed by atoms with Gasteiger partial charge in [0.05, 0.1) is 0 Å². The lowest BCUT2D eigenvalue weighted by Gasteiger charge is -2.12. The highest BCUT2D eigenvalue weighted by Crippen LogP contribution is 2.27. The summed E-state index contributed by atoms with van der Waals surface area (Å²) >= 11 is 0. The fourth-order valence-electron chi connectivity index (χ4n) is 1.71. The third-order valence-corrected chi connectivity index (χ3v) is 2.41. The van der Waals surface area contributed by atoms with Crippen molar-refractivity contribution in [1.29, 1.82) is 0 Å². The number of hydrogen-bond donors (Lipinski definition) is 0. The third-order valence-electron chi connectivity index (χ3n) is 2.41. The molecule has 0 aliphatic carbocycles. The Morgan fingerprint density at radius 2 is 2.21 bits per heavy atom.